The maximum Gasteiger partial charge on any atom is 0.418 e. The van der Waals surface area contributed by atoms with Crippen LogP contribution in [0.25, 0.3) is 0 Å². The molecule has 2 nitrogen and oxygen atoms in total. The van der Waals surface area contributed by atoms with Crippen molar-refractivity contribution in [3.05, 3.63) is 28.8 Å². The Hall–Kier alpha value is -0.940. The molecule has 20 heavy (non-hydrogen) atoms. The number of nitrogens with one attached hydrogen (secondary N) is 1. The summed E-state index contributed by atoms with van der Waals surface area (Å²) in [6.45, 7) is 5.92. The van der Waals surface area contributed by atoms with E-state index < -0.39 is 11.7 Å². The lowest BCUT2D eigenvalue weighted by atomic mass is 10.0. The number of benzene rings is 1. The molecule has 0 atom stereocenters. The van der Waals surface area contributed by atoms with E-state index >= 15 is 0 Å². The molecule has 1 aliphatic rings. The third-order valence-electron chi connectivity index (χ3n) is 3.40. The van der Waals surface area contributed by atoms with Crippen LogP contribution >= 0.6 is 11.6 Å². The molecule has 2 rings (SSSR count). The SMILES string of the molecule is CC1(C)CN(c2ccc(Cl)cc2C(F)(F)F)CCCN1. The zero-order valence-electron chi connectivity index (χ0n) is 11.5. The van der Waals surface area contributed by atoms with Gasteiger partial charge in [0.05, 0.1) is 5.56 Å². The summed E-state index contributed by atoms with van der Waals surface area (Å²) in [5, 5.41) is 3.45. The summed E-state index contributed by atoms with van der Waals surface area (Å²) >= 11 is 5.72. The summed E-state index contributed by atoms with van der Waals surface area (Å²) in [6.07, 6.45) is -3.59. The van der Waals surface area contributed by atoms with Gasteiger partial charge in [0.25, 0.3) is 0 Å². The number of halogens is 4. The van der Waals surface area contributed by atoms with Gasteiger partial charge in [0.1, 0.15) is 0 Å². The van der Waals surface area contributed by atoms with Gasteiger partial charge in [-0.05, 0) is 45.0 Å². The van der Waals surface area contributed by atoms with Crippen molar-refractivity contribution in [2.45, 2.75) is 32.0 Å². The van der Waals surface area contributed by atoms with Crippen LogP contribution in [0.15, 0.2) is 18.2 Å². The summed E-state index contributed by atoms with van der Waals surface area (Å²) in [5.41, 5.74) is -0.680. The van der Waals surface area contributed by atoms with Crippen LogP contribution in [0.1, 0.15) is 25.8 Å². The smallest absolute Gasteiger partial charge is 0.369 e. The molecule has 1 heterocycles. The number of hydrogen-bond acceptors (Lipinski definition) is 2. The summed E-state index contributed by atoms with van der Waals surface area (Å²) < 4.78 is 39.5. The molecule has 0 saturated carbocycles. The Balaban J connectivity index is 2.41. The second kappa shape index (κ2) is 5.45. The van der Waals surface area contributed by atoms with Gasteiger partial charge in [-0.1, -0.05) is 11.6 Å². The zero-order valence-corrected chi connectivity index (χ0v) is 12.3. The van der Waals surface area contributed by atoms with Crippen molar-refractivity contribution >= 4 is 17.3 Å². The number of alkyl halides is 3. The molecule has 0 amide bonds. The van der Waals surface area contributed by atoms with Gasteiger partial charge in [0, 0.05) is 29.3 Å². The molecule has 6 heteroatoms. The van der Waals surface area contributed by atoms with Crippen LogP contribution in [0, 0.1) is 0 Å². The molecule has 112 valence electrons. The van der Waals surface area contributed by atoms with Crippen LogP contribution in [0.4, 0.5) is 18.9 Å². The first-order valence-electron chi connectivity index (χ1n) is 6.56. The molecule has 0 aromatic heterocycles. The average molecular weight is 307 g/mol. The summed E-state index contributed by atoms with van der Waals surface area (Å²) in [5.74, 6) is 0. The van der Waals surface area contributed by atoms with Crippen LogP contribution in [0.3, 0.4) is 0 Å². The summed E-state index contributed by atoms with van der Waals surface area (Å²) in [4.78, 5) is 1.79. The molecule has 1 aromatic rings. The van der Waals surface area contributed by atoms with Gasteiger partial charge in [-0.25, -0.2) is 0 Å². The van der Waals surface area contributed by atoms with Crippen LogP contribution in [0.2, 0.25) is 5.02 Å². The summed E-state index contributed by atoms with van der Waals surface area (Å²) in [6, 6.07) is 3.98. The number of anilines is 1. The number of nitrogens with zero attached hydrogens (tertiary/aromatic N) is 1. The van der Waals surface area contributed by atoms with E-state index in [1.165, 1.54) is 12.1 Å². The first kappa shape index (κ1) is 15.4. The zero-order chi connectivity index (χ0) is 15.0. The topological polar surface area (TPSA) is 15.3 Å². The normalized spacial score (nSPS) is 19.8. The van der Waals surface area contributed by atoms with Crippen molar-refractivity contribution < 1.29 is 13.2 Å². The fraction of sp³-hybridized carbons (Fsp3) is 0.571. The van der Waals surface area contributed by atoms with Crippen molar-refractivity contribution in [3.63, 3.8) is 0 Å². The van der Waals surface area contributed by atoms with Gasteiger partial charge in [0.2, 0.25) is 0 Å². The van der Waals surface area contributed by atoms with E-state index in [0.29, 0.717) is 13.1 Å². The first-order chi connectivity index (χ1) is 9.19. The van der Waals surface area contributed by atoms with E-state index in [1.807, 2.05) is 13.8 Å². The maximum absolute atomic E-state index is 13.2. The molecule has 1 aromatic carbocycles. The third-order valence-corrected chi connectivity index (χ3v) is 3.63. The fourth-order valence-electron chi connectivity index (χ4n) is 2.53. The highest BCUT2D eigenvalue weighted by Gasteiger charge is 2.36. The monoisotopic (exact) mass is 306 g/mol. The Bertz CT molecular complexity index is 486. The quantitative estimate of drug-likeness (QED) is 0.845. The van der Waals surface area contributed by atoms with Crippen molar-refractivity contribution in [1.82, 2.24) is 5.32 Å². The highest BCUT2D eigenvalue weighted by Crippen LogP contribution is 2.38. The minimum atomic E-state index is -4.40. The number of hydrogen-bond donors (Lipinski definition) is 1. The maximum atomic E-state index is 13.2. The highest BCUT2D eigenvalue weighted by molar-refractivity contribution is 6.30. The standard InChI is InChI=1S/C14H18ClF3N2/c1-13(2)9-20(7-3-6-19-13)12-5-4-10(15)8-11(12)14(16,17)18/h4-5,8,19H,3,6-7,9H2,1-2H3. The van der Waals surface area contributed by atoms with E-state index in [9.17, 15) is 13.2 Å². The van der Waals surface area contributed by atoms with Crippen LogP contribution in [-0.2, 0) is 6.18 Å². The molecule has 1 N–H and O–H groups in total. The predicted octanol–water partition coefficient (Wildman–Crippen LogP) is 3.94. The lowest BCUT2D eigenvalue weighted by Gasteiger charge is -2.33. The third kappa shape index (κ3) is 3.58. The van der Waals surface area contributed by atoms with Gasteiger partial charge >= 0.3 is 6.18 Å². The second-order valence-electron chi connectivity index (χ2n) is 5.74. The van der Waals surface area contributed by atoms with Crippen molar-refractivity contribution in [1.29, 1.82) is 0 Å². The van der Waals surface area contributed by atoms with Gasteiger partial charge in [-0.15, -0.1) is 0 Å². The van der Waals surface area contributed by atoms with Crippen molar-refractivity contribution in [3.8, 4) is 0 Å². The molecular formula is C14H18ClF3N2. The molecule has 1 fully saturated rings. The molecule has 0 unspecified atom stereocenters. The first-order valence-corrected chi connectivity index (χ1v) is 6.94. The van der Waals surface area contributed by atoms with E-state index in [1.54, 1.807) is 4.90 Å². The Kier molecular flexibility index (Phi) is 4.21. The Morgan fingerprint density at radius 1 is 1.30 bits per heavy atom. The van der Waals surface area contributed by atoms with E-state index in [4.69, 9.17) is 11.6 Å². The minimum absolute atomic E-state index is 0.105. The van der Waals surface area contributed by atoms with E-state index in [2.05, 4.69) is 5.32 Å². The van der Waals surface area contributed by atoms with E-state index in [0.717, 1.165) is 19.0 Å². The number of rotatable bonds is 1. The average Bonchev–Trinajstić information content (AvgIpc) is 2.49. The Labute approximate surface area is 121 Å². The molecular weight excluding hydrogens is 289 g/mol. The molecule has 0 bridgehead atoms. The van der Waals surface area contributed by atoms with Crippen LogP contribution in [-0.4, -0.2) is 25.2 Å². The van der Waals surface area contributed by atoms with Gasteiger partial charge in [-0.3, -0.25) is 0 Å². The molecule has 1 saturated heterocycles. The highest BCUT2D eigenvalue weighted by atomic mass is 35.5. The predicted molar refractivity (Wildman–Crippen MR) is 75.4 cm³/mol. The van der Waals surface area contributed by atoms with Crippen molar-refractivity contribution in [2.24, 2.45) is 0 Å². The van der Waals surface area contributed by atoms with Gasteiger partial charge in [0.15, 0.2) is 0 Å². The molecule has 0 spiro atoms. The largest absolute Gasteiger partial charge is 0.418 e. The lowest BCUT2D eigenvalue weighted by Crippen LogP contribution is -2.46. The Morgan fingerprint density at radius 3 is 2.65 bits per heavy atom. The minimum Gasteiger partial charge on any atom is -0.369 e. The van der Waals surface area contributed by atoms with E-state index in [-0.39, 0.29) is 16.2 Å². The fourth-order valence-corrected chi connectivity index (χ4v) is 2.70. The molecule has 0 radical (unpaired) electrons. The van der Waals surface area contributed by atoms with Crippen molar-refractivity contribution in [2.75, 3.05) is 24.5 Å². The molecule has 0 aliphatic carbocycles. The second-order valence-corrected chi connectivity index (χ2v) is 6.18. The Morgan fingerprint density at radius 2 is 2.00 bits per heavy atom. The summed E-state index contributed by atoms with van der Waals surface area (Å²) in [7, 11) is 0. The van der Waals surface area contributed by atoms with Gasteiger partial charge < -0.3 is 10.2 Å². The molecule has 1 aliphatic heterocycles. The van der Waals surface area contributed by atoms with Crippen LogP contribution < -0.4 is 10.2 Å². The van der Waals surface area contributed by atoms with Gasteiger partial charge in [-0.2, -0.15) is 13.2 Å². The van der Waals surface area contributed by atoms with Crippen LogP contribution in [0.5, 0.6) is 0 Å². The lowest BCUT2D eigenvalue weighted by molar-refractivity contribution is -0.137.